The van der Waals surface area contributed by atoms with Gasteiger partial charge in [-0.15, -0.1) is 0 Å². The van der Waals surface area contributed by atoms with Gasteiger partial charge < -0.3 is 4.74 Å². The van der Waals surface area contributed by atoms with Gasteiger partial charge >= 0.3 is 0 Å². The first-order chi connectivity index (χ1) is 8.70. The molecule has 1 fully saturated rings. The highest BCUT2D eigenvalue weighted by atomic mass is 16.5. The van der Waals surface area contributed by atoms with Crippen LogP contribution >= 0.6 is 0 Å². The fraction of sp³-hybridized carbons (Fsp3) is 0.600. The first-order valence-corrected chi connectivity index (χ1v) is 6.85. The van der Waals surface area contributed by atoms with Crippen LogP contribution in [0.5, 0.6) is 0 Å². The lowest BCUT2D eigenvalue weighted by atomic mass is 9.97. The van der Waals surface area contributed by atoms with E-state index >= 15 is 0 Å². The Bertz CT molecular complexity index is 386. The molecule has 2 unspecified atom stereocenters. The van der Waals surface area contributed by atoms with Gasteiger partial charge in [-0.2, -0.15) is 0 Å². The van der Waals surface area contributed by atoms with Crippen molar-refractivity contribution in [2.75, 3.05) is 6.61 Å². The van der Waals surface area contributed by atoms with Gasteiger partial charge in [0.2, 0.25) is 0 Å². The summed E-state index contributed by atoms with van der Waals surface area (Å²) in [5.74, 6) is 5.69. The number of nitrogens with one attached hydrogen (secondary N) is 1. The molecule has 2 atom stereocenters. The molecule has 1 aliphatic heterocycles. The zero-order chi connectivity index (χ0) is 13.0. The van der Waals surface area contributed by atoms with E-state index in [9.17, 15) is 0 Å². The van der Waals surface area contributed by atoms with Gasteiger partial charge in [0.25, 0.3) is 0 Å². The van der Waals surface area contributed by atoms with Gasteiger partial charge in [-0.3, -0.25) is 11.3 Å². The highest BCUT2D eigenvalue weighted by Gasteiger charge is 2.18. The van der Waals surface area contributed by atoms with Crippen molar-refractivity contribution in [2.45, 2.75) is 51.7 Å². The number of ether oxygens (including phenoxy) is 1. The van der Waals surface area contributed by atoms with Gasteiger partial charge in [0.15, 0.2) is 0 Å². The number of hydrogen-bond donors (Lipinski definition) is 2. The molecule has 1 aromatic carbocycles. The average Bonchev–Trinajstić information content (AvgIpc) is 2.87. The largest absolute Gasteiger partial charge is 0.378 e. The zero-order valence-electron chi connectivity index (χ0n) is 11.4. The monoisotopic (exact) mass is 248 g/mol. The van der Waals surface area contributed by atoms with E-state index in [2.05, 4.69) is 37.5 Å². The van der Waals surface area contributed by atoms with Crippen molar-refractivity contribution in [2.24, 2.45) is 5.84 Å². The molecular formula is C15H24N2O. The molecule has 0 aliphatic carbocycles. The van der Waals surface area contributed by atoms with Gasteiger partial charge in [-0.05, 0) is 56.2 Å². The first-order valence-electron chi connectivity index (χ1n) is 6.85. The molecule has 0 spiro atoms. The molecule has 0 bridgehead atoms. The van der Waals surface area contributed by atoms with Crippen LogP contribution in [0, 0.1) is 13.8 Å². The second-order valence-corrected chi connectivity index (χ2v) is 5.28. The number of hydrazine groups is 1. The summed E-state index contributed by atoms with van der Waals surface area (Å²) in [4.78, 5) is 0. The van der Waals surface area contributed by atoms with E-state index in [-0.39, 0.29) is 6.04 Å². The summed E-state index contributed by atoms with van der Waals surface area (Å²) in [6.45, 7) is 5.21. The van der Waals surface area contributed by atoms with Gasteiger partial charge in [-0.25, -0.2) is 0 Å². The Balaban J connectivity index is 1.96. The molecule has 1 saturated heterocycles. The molecule has 1 aromatic rings. The van der Waals surface area contributed by atoms with Crippen molar-refractivity contribution in [1.29, 1.82) is 0 Å². The molecule has 3 heteroatoms. The first kappa shape index (κ1) is 13.5. The molecule has 0 radical (unpaired) electrons. The van der Waals surface area contributed by atoms with Crippen LogP contribution in [0.1, 0.15) is 48.4 Å². The lowest BCUT2D eigenvalue weighted by Crippen LogP contribution is -2.29. The molecule has 0 aromatic heterocycles. The summed E-state index contributed by atoms with van der Waals surface area (Å²) in [5.41, 5.74) is 6.86. The third kappa shape index (κ3) is 3.31. The Labute approximate surface area is 110 Å². The van der Waals surface area contributed by atoms with E-state index in [4.69, 9.17) is 10.6 Å². The SMILES string of the molecule is Cc1ccc(C(CCC2CCCO2)NN)cc1C. The average molecular weight is 248 g/mol. The maximum atomic E-state index is 5.69. The van der Waals surface area contributed by atoms with Gasteiger partial charge in [0, 0.05) is 12.6 Å². The quantitative estimate of drug-likeness (QED) is 0.622. The van der Waals surface area contributed by atoms with Gasteiger partial charge in [-0.1, -0.05) is 18.2 Å². The summed E-state index contributed by atoms with van der Waals surface area (Å²) < 4.78 is 5.66. The fourth-order valence-corrected chi connectivity index (χ4v) is 2.55. The normalized spacial score (nSPS) is 21.2. The van der Waals surface area contributed by atoms with Crippen molar-refractivity contribution >= 4 is 0 Å². The maximum absolute atomic E-state index is 5.69. The zero-order valence-corrected chi connectivity index (χ0v) is 11.4. The summed E-state index contributed by atoms with van der Waals surface area (Å²) in [6, 6.07) is 6.80. The van der Waals surface area contributed by atoms with Crippen LogP contribution in [0.4, 0.5) is 0 Å². The third-order valence-corrected chi connectivity index (χ3v) is 3.94. The summed E-state index contributed by atoms with van der Waals surface area (Å²) in [5, 5.41) is 0. The summed E-state index contributed by atoms with van der Waals surface area (Å²) in [7, 11) is 0. The molecule has 1 heterocycles. The predicted octanol–water partition coefficient (Wildman–Crippen LogP) is 2.77. The van der Waals surface area contributed by atoms with E-state index in [1.165, 1.54) is 29.5 Å². The van der Waals surface area contributed by atoms with E-state index < -0.39 is 0 Å². The van der Waals surface area contributed by atoms with Crippen LogP contribution < -0.4 is 11.3 Å². The Morgan fingerprint density at radius 2 is 2.22 bits per heavy atom. The third-order valence-electron chi connectivity index (χ3n) is 3.94. The number of hydrogen-bond acceptors (Lipinski definition) is 3. The fourth-order valence-electron chi connectivity index (χ4n) is 2.55. The highest BCUT2D eigenvalue weighted by molar-refractivity contribution is 5.31. The summed E-state index contributed by atoms with van der Waals surface area (Å²) >= 11 is 0. The number of rotatable bonds is 5. The molecule has 3 N–H and O–H groups in total. The Morgan fingerprint density at radius 3 is 2.83 bits per heavy atom. The number of nitrogens with two attached hydrogens (primary N) is 1. The van der Waals surface area contributed by atoms with Crippen LogP contribution in [0.2, 0.25) is 0 Å². The van der Waals surface area contributed by atoms with Crippen molar-refractivity contribution < 1.29 is 4.74 Å². The predicted molar refractivity (Wildman–Crippen MR) is 74.2 cm³/mol. The van der Waals surface area contributed by atoms with E-state index in [0.29, 0.717) is 6.10 Å². The molecule has 3 nitrogen and oxygen atoms in total. The van der Waals surface area contributed by atoms with Crippen LogP contribution in [0.3, 0.4) is 0 Å². The van der Waals surface area contributed by atoms with E-state index in [0.717, 1.165) is 19.4 Å². The maximum Gasteiger partial charge on any atom is 0.0576 e. The molecule has 1 aliphatic rings. The molecule has 100 valence electrons. The standard InChI is InChI=1S/C15H24N2O/c1-11-5-6-13(10-12(11)2)15(17-16)8-7-14-4-3-9-18-14/h5-6,10,14-15,17H,3-4,7-9,16H2,1-2H3. The van der Waals surface area contributed by atoms with E-state index in [1.54, 1.807) is 0 Å². The molecule has 0 saturated carbocycles. The van der Waals surface area contributed by atoms with Gasteiger partial charge in [0.1, 0.15) is 0 Å². The minimum Gasteiger partial charge on any atom is -0.378 e. The highest BCUT2D eigenvalue weighted by Crippen LogP contribution is 2.24. The van der Waals surface area contributed by atoms with Crippen molar-refractivity contribution in [3.05, 3.63) is 34.9 Å². The van der Waals surface area contributed by atoms with Crippen LogP contribution in [-0.4, -0.2) is 12.7 Å². The summed E-state index contributed by atoms with van der Waals surface area (Å²) in [6.07, 6.45) is 4.96. The Kier molecular flexibility index (Phi) is 4.75. The topological polar surface area (TPSA) is 47.3 Å². The number of aryl methyl sites for hydroxylation is 2. The lowest BCUT2D eigenvalue weighted by Gasteiger charge is -2.19. The molecule has 0 amide bonds. The minimum absolute atomic E-state index is 0.230. The molecule has 2 rings (SSSR count). The van der Waals surface area contributed by atoms with Crippen LogP contribution in [-0.2, 0) is 4.74 Å². The number of benzene rings is 1. The van der Waals surface area contributed by atoms with Crippen molar-refractivity contribution in [1.82, 2.24) is 5.43 Å². The lowest BCUT2D eigenvalue weighted by molar-refractivity contribution is 0.0996. The van der Waals surface area contributed by atoms with E-state index in [1.807, 2.05) is 0 Å². The second-order valence-electron chi connectivity index (χ2n) is 5.28. The molecule has 18 heavy (non-hydrogen) atoms. The van der Waals surface area contributed by atoms with Crippen molar-refractivity contribution in [3.63, 3.8) is 0 Å². The Hall–Kier alpha value is -0.900. The van der Waals surface area contributed by atoms with Crippen molar-refractivity contribution in [3.8, 4) is 0 Å². The van der Waals surface area contributed by atoms with Crippen LogP contribution in [0.15, 0.2) is 18.2 Å². The Morgan fingerprint density at radius 1 is 1.39 bits per heavy atom. The van der Waals surface area contributed by atoms with Gasteiger partial charge in [0.05, 0.1) is 6.10 Å². The minimum atomic E-state index is 0.230. The second kappa shape index (κ2) is 6.32. The van der Waals surface area contributed by atoms with Crippen LogP contribution in [0.25, 0.3) is 0 Å². The molecular weight excluding hydrogens is 224 g/mol. The smallest absolute Gasteiger partial charge is 0.0576 e.